The van der Waals surface area contributed by atoms with Crippen molar-refractivity contribution < 1.29 is 4.79 Å². The summed E-state index contributed by atoms with van der Waals surface area (Å²) in [4.78, 5) is 21.7. The van der Waals surface area contributed by atoms with Gasteiger partial charge in [0.1, 0.15) is 0 Å². The fourth-order valence-electron chi connectivity index (χ4n) is 2.66. The maximum Gasteiger partial charge on any atom is 0.258 e. The van der Waals surface area contributed by atoms with Gasteiger partial charge < -0.3 is 0 Å². The molecule has 3 heterocycles. The van der Waals surface area contributed by atoms with Crippen molar-refractivity contribution in [1.82, 2.24) is 19.7 Å². The van der Waals surface area contributed by atoms with Gasteiger partial charge in [0.2, 0.25) is 0 Å². The van der Waals surface area contributed by atoms with Crippen LogP contribution in [-0.4, -0.2) is 25.7 Å². The monoisotopic (exact) mass is 349 g/mol. The van der Waals surface area contributed by atoms with Crippen LogP contribution in [0.1, 0.15) is 16.1 Å². The van der Waals surface area contributed by atoms with E-state index in [1.54, 1.807) is 16.9 Å². The second-order valence-corrected chi connectivity index (χ2v) is 6.53. The molecule has 0 atom stereocenters. The summed E-state index contributed by atoms with van der Waals surface area (Å²) in [6.07, 6.45) is 1.66. The van der Waals surface area contributed by atoms with Crippen molar-refractivity contribution in [3.8, 4) is 11.3 Å². The van der Waals surface area contributed by atoms with Crippen LogP contribution >= 0.6 is 11.3 Å². The highest BCUT2D eigenvalue weighted by molar-refractivity contribution is 7.14. The van der Waals surface area contributed by atoms with E-state index in [1.165, 1.54) is 11.3 Å². The Hall–Kier alpha value is -3.06. The van der Waals surface area contributed by atoms with Crippen molar-refractivity contribution in [2.45, 2.75) is 6.92 Å². The molecular weight excluding hydrogens is 334 g/mol. The third kappa shape index (κ3) is 2.89. The smallest absolute Gasteiger partial charge is 0.258 e. The van der Waals surface area contributed by atoms with Crippen LogP contribution in [0.5, 0.6) is 0 Å². The fourth-order valence-corrected chi connectivity index (χ4v) is 3.38. The van der Waals surface area contributed by atoms with Crippen molar-refractivity contribution in [1.29, 1.82) is 0 Å². The Kier molecular flexibility index (Phi) is 3.77. The fraction of sp³-hybridized carbons (Fsp3) is 0.111. The molecule has 0 aliphatic carbocycles. The Morgan fingerprint density at radius 3 is 2.80 bits per heavy atom. The van der Waals surface area contributed by atoms with Crippen LogP contribution in [0.4, 0.5) is 5.13 Å². The number of anilines is 1. The quantitative estimate of drug-likeness (QED) is 0.613. The number of aromatic nitrogens is 4. The molecule has 0 spiro atoms. The molecule has 25 heavy (non-hydrogen) atoms. The molecule has 1 amide bonds. The molecule has 7 heteroatoms. The van der Waals surface area contributed by atoms with Gasteiger partial charge in [-0.25, -0.2) is 9.97 Å². The average Bonchev–Trinajstić information content (AvgIpc) is 3.22. The first kappa shape index (κ1) is 15.5. The van der Waals surface area contributed by atoms with Crippen LogP contribution in [0.3, 0.4) is 0 Å². The molecule has 0 bridgehead atoms. The van der Waals surface area contributed by atoms with Gasteiger partial charge in [0.05, 0.1) is 22.8 Å². The van der Waals surface area contributed by atoms with Gasteiger partial charge in [0.25, 0.3) is 5.91 Å². The number of aryl methyl sites for hydroxylation is 2. The number of benzene rings is 1. The maximum absolute atomic E-state index is 12.7. The summed E-state index contributed by atoms with van der Waals surface area (Å²) in [5, 5.41) is 10.3. The van der Waals surface area contributed by atoms with E-state index in [0.717, 1.165) is 22.3 Å². The van der Waals surface area contributed by atoms with Crippen molar-refractivity contribution in [3.63, 3.8) is 0 Å². The lowest BCUT2D eigenvalue weighted by molar-refractivity contribution is 0.102. The van der Waals surface area contributed by atoms with E-state index in [4.69, 9.17) is 0 Å². The zero-order chi connectivity index (χ0) is 17.4. The number of nitrogens with zero attached hydrogens (tertiary/aromatic N) is 4. The standard InChI is InChI=1S/C18H15N5OS/c1-11-8-13(14-9-19-23(2)16(14)20-11)17(24)22-18-21-15(10-25-18)12-6-4-3-5-7-12/h3-10H,1-2H3,(H,21,22,24). The lowest BCUT2D eigenvalue weighted by atomic mass is 10.1. The minimum Gasteiger partial charge on any atom is -0.298 e. The molecule has 0 unspecified atom stereocenters. The third-order valence-electron chi connectivity index (χ3n) is 3.87. The lowest BCUT2D eigenvalue weighted by Gasteiger charge is -2.05. The first-order chi connectivity index (χ1) is 12.1. The van der Waals surface area contributed by atoms with E-state index in [-0.39, 0.29) is 5.91 Å². The summed E-state index contributed by atoms with van der Waals surface area (Å²) in [7, 11) is 1.81. The van der Waals surface area contributed by atoms with E-state index < -0.39 is 0 Å². The SMILES string of the molecule is Cc1cc(C(=O)Nc2nc(-c3ccccc3)cs2)c2cnn(C)c2n1. The van der Waals surface area contributed by atoms with Gasteiger partial charge in [0, 0.05) is 23.7 Å². The van der Waals surface area contributed by atoms with Crippen LogP contribution in [0.2, 0.25) is 0 Å². The normalized spacial score (nSPS) is 11.0. The van der Waals surface area contributed by atoms with Crippen LogP contribution in [-0.2, 0) is 7.05 Å². The number of amides is 1. The number of hydrogen-bond acceptors (Lipinski definition) is 5. The summed E-state index contributed by atoms with van der Waals surface area (Å²) in [6.45, 7) is 1.86. The average molecular weight is 349 g/mol. The van der Waals surface area contributed by atoms with Crippen LogP contribution in [0, 0.1) is 6.92 Å². The molecule has 1 aromatic carbocycles. The molecule has 3 aromatic heterocycles. The third-order valence-corrected chi connectivity index (χ3v) is 4.63. The topological polar surface area (TPSA) is 72.7 Å². The molecule has 4 aromatic rings. The second kappa shape index (κ2) is 6.10. The number of pyridine rings is 1. The van der Waals surface area contributed by atoms with Gasteiger partial charge in [-0.3, -0.25) is 14.8 Å². The van der Waals surface area contributed by atoms with E-state index in [2.05, 4.69) is 20.4 Å². The number of nitrogens with one attached hydrogen (secondary N) is 1. The molecule has 0 aliphatic rings. The Bertz CT molecular complexity index is 1070. The first-order valence-corrected chi connectivity index (χ1v) is 8.61. The minimum atomic E-state index is -0.211. The Morgan fingerprint density at radius 2 is 2.00 bits per heavy atom. The number of fused-ring (bicyclic) bond motifs is 1. The van der Waals surface area contributed by atoms with Gasteiger partial charge in [-0.15, -0.1) is 11.3 Å². The molecule has 6 nitrogen and oxygen atoms in total. The first-order valence-electron chi connectivity index (χ1n) is 7.73. The molecule has 0 saturated heterocycles. The molecule has 0 aliphatic heterocycles. The molecule has 124 valence electrons. The van der Waals surface area contributed by atoms with E-state index >= 15 is 0 Å². The van der Waals surface area contributed by atoms with Crippen molar-refractivity contribution >= 4 is 33.4 Å². The number of hydrogen-bond donors (Lipinski definition) is 1. The number of thiazole rings is 1. The number of rotatable bonds is 3. The summed E-state index contributed by atoms with van der Waals surface area (Å²) in [6, 6.07) is 11.6. The Balaban J connectivity index is 1.64. The van der Waals surface area contributed by atoms with Crippen LogP contribution in [0.15, 0.2) is 48.0 Å². The highest BCUT2D eigenvalue weighted by Gasteiger charge is 2.16. The van der Waals surface area contributed by atoms with E-state index in [1.807, 2.05) is 49.7 Å². The minimum absolute atomic E-state index is 0.211. The summed E-state index contributed by atoms with van der Waals surface area (Å²) in [5.74, 6) is -0.211. The van der Waals surface area contributed by atoms with E-state index in [9.17, 15) is 4.79 Å². The predicted octanol–water partition coefficient (Wildman–Crippen LogP) is 3.65. The van der Waals surface area contributed by atoms with Crippen molar-refractivity contribution in [3.05, 3.63) is 59.2 Å². The summed E-state index contributed by atoms with van der Waals surface area (Å²) >= 11 is 1.40. The molecule has 0 fully saturated rings. The highest BCUT2D eigenvalue weighted by Crippen LogP contribution is 2.26. The van der Waals surface area contributed by atoms with E-state index in [0.29, 0.717) is 16.3 Å². The molecule has 1 N–H and O–H groups in total. The zero-order valence-corrected chi connectivity index (χ0v) is 14.5. The molecule has 0 radical (unpaired) electrons. The summed E-state index contributed by atoms with van der Waals surface area (Å²) in [5.41, 5.74) is 3.87. The Morgan fingerprint density at radius 1 is 1.20 bits per heavy atom. The maximum atomic E-state index is 12.7. The van der Waals surface area contributed by atoms with Crippen molar-refractivity contribution in [2.75, 3.05) is 5.32 Å². The van der Waals surface area contributed by atoms with Crippen LogP contribution in [0.25, 0.3) is 22.3 Å². The van der Waals surface area contributed by atoms with Crippen LogP contribution < -0.4 is 5.32 Å². The molecular formula is C18H15N5OS. The highest BCUT2D eigenvalue weighted by atomic mass is 32.1. The van der Waals surface area contributed by atoms with Gasteiger partial charge in [-0.05, 0) is 13.0 Å². The summed E-state index contributed by atoms with van der Waals surface area (Å²) < 4.78 is 1.66. The lowest BCUT2D eigenvalue weighted by Crippen LogP contribution is -2.13. The predicted molar refractivity (Wildman–Crippen MR) is 98.7 cm³/mol. The largest absolute Gasteiger partial charge is 0.298 e. The van der Waals surface area contributed by atoms with Gasteiger partial charge >= 0.3 is 0 Å². The van der Waals surface area contributed by atoms with Gasteiger partial charge in [0.15, 0.2) is 10.8 Å². The van der Waals surface area contributed by atoms with Gasteiger partial charge in [-0.1, -0.05) is 30.3 Å². The molecule has 4 rings (SSSR count). The van der Waals surface area contributed by atoms with Gasteiger partial charge in [-0.2, -0.15) is 5.10 Å². The number of carbonyl (C=O) groups excluding carboxylic acids is 1. The number of carbonyl (C=O) groups is 1. The second-order valence-electron chi connectivity index (χ2n) is 5.67. The Labute approximate surface area is 148 Å². The zero-order valence-electron chi connectivity index (χ0n) is 13.7. The molecule has 0 saturated carbocycles. The van der Waals surface area contributed by atoms with Crippen molar-refractivity contribution in [2.24, 2.45) is 7.05 Å².